The highest BCUT2D eigenvalue weighted by Gasteiger charge is 2.13. The molecular formula is C15H17ClN2O. The summed E-state index contributed by atoms with van der Waals surface area (Å²) >= 11 is 6.09. The van der Waals surface area contributed by atoms with Crippen LogP contribution in [0.25, 0.3) is 0 Å². The average Bonchev–Trinajstić information content (AvgIpc) is 2.47. The molecule has 0 aliphatic heterocycles. The first-order valence-electron chi connectivity index (χ1n) is 6.30. The fourth-order valence-corrected chi connectivity index (χ4v) is 2.11. The fraction of sp³-hybridized carbons (Fsp3) is 0.267. The number of hydrogen-bond acceptors (Lipinski definition) is 3. The molecule has 2 rings (SSSR count). The summed E-state index contributed by atoms with van der Waals surface area (Å²) in [6, 6.07) is 11.4. The molecule has 100 valence electrons. The van der Waals surface area contributed by atoms with Crippen LogP contribution in [0.4, 0.5) is 0 Å². The minimum atomic E-state index is -0.243. The molecule has 0 aliphatic carbocycles. The number of benzene rings is 1. The van der Waals surface area contributed by atoms with E-state index in [-0.39, 0.29) is 6.10 Å². The van der Waals surface area contributed by atoms with Crippen molar-refractivity contribution in [3.05, 3.63) is 58.9 Å². The molecule has 0 bridgehead atoms. The normalized spacial score (nSPS) is 12.2. The van der Waals surface area contributed by atoms with Crippen LogP contribution in [0.1, 0.15) is 24.3 Å². The molecule has 0 saturated carbocycles. The van der Waals surface area contributed by atoms with Gasteiger partial charge in [-0.05, 0) is 42.3 Å². The Hall–Kier alpha value is -1.58. The number of aromatic nitrogens is 1. The second-order valence-electron chi connectivity index (χ2n) is 4.20. The number of hydrogen-bond donors (Lipinski definition) is 1. The minimum absolute atomic E-state index is 0.243. The van der Waals surface area contributed by atoms with Gasteiger partial charge in [0.2, 0.25) is 0 Å². The molecule has 19 heavy (non-hydrogen) atoms. The van der Waals surface area contributed by atoms with Gasteiger partial charge >= 0.3 is 0 Å². The number of nitrogens with zero attached hydrogens (tertiary/aromatic N) is 1. The quantitative estimate of drug-likeness (QED) is 0.911. The standard InChI is InChI=1S/C15H17ClN2O/c1-2-11-9-12(6-7-13(11)16)19-15(10-17)14-5-3-4-8-18-14/h3-9,15H,2,10,17H2,1H3. The van der Waals surface area contributed by atoms with Crippen LogP contribution >= 0.6 is 11.6 Å². The lowest BCUT2D eigenvalue weighted by molar-refractivity contribution is 0.209. The summed E-state index contributed by atoms with van der Waals surface area (Å²) in [6.45, 7) is 2.44. The highest BCUT2D eigenvalue weighted by molar-refractivity contribution is 6.31. The third-order valence-corrected chi connectivity index (χ3v) is 3.28. The molecule has 0 spiro atoms. The molecule has 0 fully saturated rings. The number of halogens is 1. The van der Waals surface area contributed by atoms with Crippen LogP contribution in [-0.2, 0) is 6.42 Å². The third kappa shape index (κ3) is 3.46. The zero-order chi connectivity index (χ0) is 13.7. The van der Waals surface area contributed by atoms with E-state index in [9.17, 15) is 0 Å². The Morgan fingerprint density at radius 2 is 2.16 bits per heavy atom. The Kier molecular flexibility index (Phi) is 4.77. The van der Waals surface area contributed by atoms with Gasteiger partial charge in [0, 0.05) is 17.8 Å². The predicted molar refractivity (Wildman–Crippen MR) is 77.5 cm³/mol. The summed E-state index contributed by atoms with van der Waals surface area (Å²) in [7, 11) is 0. The molecule has 0 saturated heterocycles. The zero-order valence-corrected chi connectivity index (χ0v) is 11.6. The van der Waals surface area contributed by atoms with Crippen molar-refractivity contribution in [2.75, 3.05) is 6.54 Å². The zero-order valence-electron chi connectivity index (χ0n) is 10.8. The van der Waals surface area contributed by atoms with Crippen LogP contribution in [0.5, 0.6) is 5.75 Å². The Morgan fingerprint density at radius 3 is 2.79 bits per heavy atom. The van der Waals surface area contributed by atoms with Gasteiger partial charge in [-0.25, -0.2) is 0 Å². The van der Waals surface area contributed by atoms with E-state index in [0.29, 0.717) is 6.54 Å². The lowest BCUT2D eigenvalue weighted by Crippen LogP contribution is -2.19. The summed E-state index contributed by atoms with van der Waals surface area (Å²) in [5.74, 6) is 0.766. The van der Waals surface area contributed by atoms with Gasteiger partial charge in [0.1, 0.15) is 5.75 Å². The van der Waals surface area contributed by atoms with Crippen molar-refractivity contribution < 1.29 is 4.74 Å². The van der Waals surface area contributed by atoms with Crippen molar-refractivity contribution in [2.24, 2.45) is 5.73 Å². The van der Waals surface area contributed by atoms with E-state index in [1.807, 2.05) is 36.4 Å². The molecule has 4 heteroatoms. The van der Waals surface area contributed by atoms with Gasteiger partial charge < -0.3 is 10.5 Å². The fourth-order valence-electron chi connectivity index (χ4n) is 1.86. The van der Waals surface area contributed by atoms with Gasteiger partial charge in [0.05, 0.1) is 5.69 Å². The highest BCUT2D eigenvalue weighted by Crippen LogP contribution is 2.25. The lowest BCUT2D eigenvalue weighted by atomic mass is 10.1. The molecular weight excluding hydrogens is 260 g/mol. The van der Waals surface area contributed by atoms with Gasteiger partial charge in [-0.15, -0.1) is 0 Å². The molecule has 1 aromatic carbocycles. The molecule has 1 aromatic heterocycles. The van der Waals surface area contributed by atoms with E-state index in [4.69, 9.17) is 22.1 Å². The van der Waals surface area contributed by atoms with Gasteiger partial charge in [0.15, 0.2) is 6.10 Å². The van der Waals surface area contributed by atoms with E-state index < -0.39 is 0 Å². The van der Waals surface area contributed by atoms with E-state index in [1.165, 1.54) is 0 Å². The lowest BCUT2D eigenvalue weighted by Gasteiger charge is -2.17. The first-order chi connectivity index (χ1) is 9.24. The number of aryl methyl sites for hydroxylation is 1. The van der Waals surface area contributed by atoms with Gasteiger partial charge in [0.25, 0.3) is 0 Å². The maximum atomic E-state index is 6.09. The summed E-state index contributed by atoms with van der Waals surface area (Å²) in [6.07, 6.45) is 2.36. The first kappa shape index (κ1) is 13.8. The molecule has 1 heterocycles. The van der Waals surface area contributed by atoms with Crippen LogP contribution in [0.2, 0.25) is 5.02 Å². The summed E-state index contributed by atoms with van der Waals surface area (Å²) in [5.41, 5.74) is 7.66. The summed E-state index contributed by atoms with van der Waals surface area (Å²) in [4.78, 5) is 4.28. The maximum absolute atomic E-state index is 6.09. The van der Waals surface area contributed by atoms with Crippen molar-refractivity contribution >= 4 is 11.6 Å². The molecule has 1 unspecified atom stereocenters. The van der Waals surface area contributed by atoms with E-state index in [0.717, 1.165) is 28.5 Å². The molecule has 0 amide bonds. The van der Waals surface area contributed by atoms with Crippen molar-refractivity contribution in [1.82, 2.24) is 4.98 Å². The van der Waals surface area contributed by atoms with Gasteiger partial charge in [-0.1, -0.05) is 24.6 Å². The SMILES string of the molecule is CCc1cc(OC(CN)c2ccccn2)ccc1Cl. The number of rotatable bonds is 5. The van der Waals surface area contributed by atoms with Crippen LogP contribution < -0.4 is 10.5 Å². The predicted octanol–water partition coefficient (Wildman–Crippen LogP) is 3.38. The Labute approximate surface area is 118 Å². The number of nitrogens with two attached hydrogens (primary N) is 1. The molecule has 0 aliphatic rings. The number of ether oxygens (including phenoxy) is 1. The smallest absolute Gasteiger partial charge is 0.153 e. The molecule has 2 aromatic rings. The topological polar surface area (TPSA) is 48.1 Å². The second-order valence-corrected chi connectivity index (χ2v) is 4.61. The first-order valence-corrected chi connectivity index (χ1v) is 6.68. The van der Waals surface area contributed by atoms with E-state index in [2.05, 4.69) is 11.9 Å². The van der Waals surface area contributed by atoms with Crippen molar-refractivity contribution in [3.8, 4) is 5.75 Å². The van der Waals surface area contributed by atoms with Crippen molar-refractivity contribution in [3.63, 3.8) is 0 Å². The third-order valence-electron chi connectivity index (χ3n) is 2.91. The van der Waals surface area contributed by atoms with Crippen LogP contribution in [-0.4, -0.2) is 11.5 Å². The Bertz CT molecular complexity index is 531. The minimum Gasteiger partial charge on any atom is -0.483 e. The Balaban J connectivity index is 2.19. The van der Waals surface area contributed by atoms with Gasteiger partial charge in [-0.3, -0.25) is 4.98 Å². The largest absolute Gasteiger partial charge is 0.483 e. The van der Waals surface area contributed by atoms with Crippen LogP contribution in [0.3, 0.4) is 0 Å². The second kappa shape index (κ2) is 6.55. The maximum Gasteiger partial charge on any atom is 0.153 e. The molecule has 3 nitrogen and oxygen atoms in total. The van der Waals surface area contributed by atoms with Crippen molar-refractivity contribution in [2.45, 2.75) is 19.4 Å². The average molecular weight is 277 g/mol. The van der Waals surface area contributed by atoms with Crippen LogP contribution in [0.15, 0.2) is 42.6 Å². The monoisotopic (exact) mass is 276 g/mol. The van der Waals surface area contributed by atoms with E-state index in [1.54, 1.807) is 6.20 Å². The molecule has 1 atom stereocenters. The molecule has 0 radical (unpaired) electrons. The summed E-state index contributed by atoms with van der Waals surface area (Å²) < 4.78 is 5.90. The Morgan fingerprint density at radius 1 is 1.32 bits per heavy atom. The van der Waals surface area contributed by atoms with Gasteiger partial charge in [-0.2, -0.15) is 0 Å². The number of pyridine rings is 1. The molecule has 2 N–H and O–H groups in total. The summed E-state index contributed by atoms with van der Waals surface area (Å²) in [5, 5.41) is 0.761. The highest BCUT2D eigenvalue weighted by atomic mass is 35.5. The van der Waals surface area contributed by atoms with Crippen molar-refractivity contribution in [1.29, 1.82) is 0 Å². The van der Waals surface area contributed by atoms with E-state index >= 15 is 0 Å². The van der Waals surface area contributed by atoms with Crippen LogP contribution in [0, 0.1) is 0 Å².